The Balaban J connectivity index is 1.05. The van der Waals surface area contributed by atoms with Crippen molar-refractivity contribution in [2.75, 3.05) is 4.90 Å². The van der Waals surface area contributed by atoms with Gasteiger partial charge in [0.25, 0.3) is 0 Å². The first-order valence-corrected chi connectivity index (χ1v) is 21.9. The van der Waals surface area contributed by atoms with E-state index in [2.05, 4.69) is 241 Å². The lowest BCUT2D eigenvalue weighted by atomic mass is 9.84. The first-order chi connectivity index (χ1) is 31.7. The van der Waals surface area contributed by atoms with Crippen LogP contribution in [0.15, 0.2) is 253 Å². The number of furan rings is 1. The standard InChI is InChI=1S/C62H41NO/c1-5-17-42(18-6-1)48-37-49(43-19-7-2-8-20-43)39-52(38-48)63(51-34-36-60-57(41-51)55-26-15-16-28-59(55)64-60)50-32-29-44(30-33-50)47-31-35-54-53-25-13-14-27-56(53)61(45-21-9-3-10-22-45)62(58(54)40-47)46-23-11-4-12-24-46/h1-41H. The van der Waals surface area contributed by atoms with E-state index in [1.807, 2.05) is 12.1 Å². The lowest BCUT2D eigenvalue weighted by molar-refractivity contribution is 0.669. The van der Waals surface area contributed by atoms with Crippen LogP contribution in [0.5, 0.6) is 0 Å². The van der Waals surface area contributed by atoms with E-state index < -0.39 is 0 Å². The summed E-state index contributed by atoms with van der Waals surface area (Å²) in [6.07, 6.45) is 0. The van der Waals surface area contributed by atoms with Gasteiger partial charge in [0.1, 0.15) is 11.2 Å². The molecular weight excluding hydrogens is 775 g/mol. The molecule has 1 aromatic heterocycles. The van der Waals surface area contributed by atoms with Crippen LogP contribution >= 0.6 is 0 Å². The largest absolute Gasteiger partial charge is 0.456 e. The van der Waals surface area contributed by atoms with E-state index in [1.54, 1.807) is 0 Å². The topological polar surface area (TPSA) is 16.4 Å². The van der Waals surface area contributed by atoms with E-state index in [-0.39, 0.29) is 0 Å². The molecule has 0 amide bonds. The van der Waals surface area contributed by atoms with Gasteiger partial charge in [-0.3, -0.25) is 0 Å². The molecule has 0 spiro atoms. The highest BCUT2D eigenvalue weighted by atomic mass is 16.3. The summed E-state index contributed by atoms with van der Waals surface area (Å²) in [5.74, 6) is 0. The number of anilines is 3. The molecule has 0 fully saturated rings. The van der Waals surface area contributed by atoms with Crippen molar-refractivity contribution in [3.05, 3.63) is 249 Å². The number of benzene rings is 11. The Kier molecular flexibility index (Phi) is 9.20. The third-order valence-corrected chi connectivity index (χ3v) is 12.6. The fourth-order valence-electron chi connectivity index (χ4n) is 9.62. The minimum atomic E-state index is 0.873. The second-order valence-electron chi connectivity index (χ2n) is 16.4. The Hall–Kier alpha value is -8.46. The van der Waals surface area contributed by atoms with Gasteiger partial charge in [-0.25, -0.2) is 0 Å². The van der Waals surface area contributed by atoms with Gasteiger partial charge in [-0.2, -0.15) is 0 Å². The highest BCUT2D eigenvalue weighted by Gasteiger charge is 2.20. The quantitative estimate of drug-likeness (QED) is 0.142. The zero-order valence-corrected chi connectivity index (χ0v) is 35.0. The van der Waals surface area contributed by atoms with Crippen molar-refractivity contribution in [1.29, 1.82) is 0 Å². The van der Waals surface area contributed by atoms with E-state index in [1.165, 1.54) is 60.5 Å². The molecule has 2 heteroatoms. The summed E-state index contributed by atoms with van der Waals surface area (Å²) in [5, 5.41) is 7.18. The van der Waals surface area contributed by atoms with Gasteiger partial charge in [0, 0.05) is 27.8 Å². The average molecular weight is 816 g/mol. The van der Waals surface area contributed by atoms with E-state index in [4.69, 9.17) is 4.42 Å². The molecule has 0 radical (unpaired) electrons. The molecule has 0 bridgehead atoms. The highest BCUT2D eigenvalue weighted by molar-refractivity contribution is 6.22. The third-order valence-electron chi connectivity index (χ3n) is 12.6. The molecule has 0 N–H and O–H groups in total. The van der Waals surface area contributed by atoms with Gasteiger partial charge in [0.2, 0.25) is 0 Å². The molecule has 12 aromatic rings. The Morgan fingerprint density at radius 1 is 0.219 bits per heavy atom. The maximum absolute atomic E-state index is 6.32. The van der Waals surface area contributed by atoms with E-state index >= 15 is 0 Å². The lowest BCUT2D eigenvalue weighted by Gasteiger charge is -2.27. The molecule has 300 valence electrons. The Labute approximate surface area is 372 Å². The number of para-hydroxylation sites is 1. The van der Waals surface area contributed by atoms with Crippen molar-refractivity contribution in [1.82, 2.24) is 0 Å². The number of fused-ring (bicyclic) bond motifs is 6. The molecule has 0 aliphatic carbocycles. The van der Waals surface area contributed by atoms with Crippen LogP contribution in [0.25, 0.3) is 99.1 Å². The van der Waals surface area contributed by atoms with Gasteiger partial charge in [-0.15, -0.1) is 0 Å². The smallest absolute Gasteiger partial charge is 0.135 e. The van der Waals surface area contributed by atoms with Crippen LogP contribution in [0.1, 0.15) is 0 Å². The van der Waals surface area contributed by atoms with Crippen LogP contribution in [0, 0.1) is 0 Å². The third kappa shape index (κ3) is 6.61. The summed E-state index contributed by atoms with van der Waals surface area (Å²) >= 11 is 0. The molecule has 2 nitrogen and oxygen atoms in total. The maximum Gasteiger partial charge on any atom is 0.135 e. The molecule has 0 unspecified atom stereocenters. The van der Waals surface area contributed by atoms with E-state index in [9.17, 15) is 0 Å². The van der Waals surface area contributed by atoms with E-state index in [0.717, 1.165) is 55.7 Å². The highest BCUT2D eigenvalue weighted by Crippen LogP contribution is 2.47. The average Bonchev–Trinajstić information content (AvgIpc) is 3.75. The summed E-state index contributed by atoms with van der Waals surface area (Å²) < 4.78 is 6.32. The predicted molar refractivity (Wildman–Crippen MR) is 271 cm³/mol. The minimum absolute atomic E-state index is 0.873. The van der Waals surface area contributed by atoms with Crippen molar-refractivity contribution in [3.8, 4) is 55.6 Å². The van der Waals surface area contributed by atoms with Crippen molar-refractivity contribution < 1.29 is 4.42 Å². The van der Waals surface area contributed by atoms with E-state index in [0.29, 0.717) is 0 Å². The summed E-state index contributed by atoms with van der Waals surface area (Å²) in [7, 11) is 0. The van der Waals surface area contributed by atoms with Crippen molar-refractivity contribution >= 4 is 60.5 Å². The second-order valence-corrected chi connectivity index (χ2v) is 16.4. The Morgan fingerprint density at radius 3 is 1.30 bits per heavy atom. The summed E-state index contributed by atoms with van der Waals surface area (Å²) in [6, 6.07) is 89.8. The normalized spacial score (nSPS) is 11.4. The van der Waals surface area contributed by atoms with Gasteiger partial charge in [-0.05, 0) is 138 Å². The Bertz CT molecular complexity index is 3570. The molecule has 0 aliphatic heterocycles. The first kappa shape index (κ1) is 37.3. The zero-order valence-electron chi connectivity index (χ0n) is 35.0. The summed E-state index contributed by atoms with van der Waals surface area (Å²) in [6.45, 7) is 0. The minimum Gasteiger partial charge on any atom is -0.456 e. The van der Waals surface area contributed by atoms with Crippen LogP contribution in [0.4, 0.5) is 17.1 Å². The molecule has 0 saturated carbocycles. The van der Waals surface area contributed by atoms with Crippen molar-refractivity contribution in [2.24, 2.45) is 0 Å². The monoisotopic (exact) mass is 815 g/mol. The summed E-state index contributed by atoms with van der Waals surface area (Å²) in [4.78, 5) is 2.38. The molecule has 0 atom stereocenters. The van der Waals surface area contributed by atoms with Crippen LogP contribution in [-0.4, -0.2) is 0 Å². The number of hydrogen-bond acceptors (Lipinski definition) is 2. The zero-order chi connectivity index (χ0) is 42.4. The molecule has 0 saturated heterocycles. The lowest BCUT2D eigenvalue weighted by Crippen LogP contribution is -2.10. The molecule has 0 aliphatic rings. The number of rotatable bonds is 8. The molecule has 12 rings (SSSR count). The van der Waals surface area contributed by atoms with Gasteiger partial charge in [0.05, 0.1) is 0 Å². The van der Waals surface area contributed by atoms with Crippen LogP contribution in [0.3, 0.4) is 0 Å². The molecular formula is C62H41NO. The fraction of sp³-hybridized carbons (Fsp3) is 0. The van der Waals surface area contributed by atoms with Crippen LogP contribution in [-0.2, 0) is 0 Å². The second kappa shape index (κ2) is 15.8. The predicted octanol–water partition coefficient (Wildman–Crippen LogP) is 17.7. The molecule has 1 heterocycles. The van der Waals surface area contributed by atoms with Gasteiger partial charge in [0.15, 0.2) is 0 Å². The van der Waals surface area contributed by atoms with Crippen molar-refractivity contribution in [2.45, 2.75) is 0 Å². The number of nitrogens with zero attached hydrogens (tertiary/aromatic N) is 1. The van der Waals surface area contributed by atoms with Crippen molar-refractivity contribution in [3.63, 3.8) is 0 Å². The summed E-state index contributed by atoms with van der Waals surface area (Å²) in [5.41, 5.74) is 16.8. The Morgan fingerprint density at radius 2 is 0.672 bits per heavy atom. The van der Waals surface area contributed by atoms with Gasteiger partial charge < -0.3 is 9.32 Å². The van der Waals surface area contributed by atoms with Crippen LogP contribution < -0.4 is 4.90 Å². The van der Waals surface area contributed by atoms with Gasteiger partial charge >= 0.3 is 0 Å². The SMILES string of the molecule is c1ccc(-c2cc(-c3ccccc3)cc(N(c3ccc(-c4ccc5c(c4)c(-c4ccccc4)c(-c4ccccc4)c4ccccc45)cc3)c3ccc4oc5ccccc5c4c3)c2)cc1. The first-order valence-electron chi connectivity index (χ1n) is 21.9. The van der Waals surface area contributed by atoms with Gasteiger partial charge in [-0.1, -0.05) is 188 Å². The number of hydrogen-bond donors (Lipinski definition) is 0. The molecule has 64 heavy (non-hydrogen) atoms. The molecule has 11 aromatic carbocycles. The van der Waals surface area contributed by atoms with Crippen LogP contribution in [0.2, 0.25) is 0 Å². The maximum atomic E-state index is 6.32. The fourth-order valence-corrected chi connectivity index (χ4v) is 9.62.